The lowest BCUT2D eigenvalue weighted by atomic mass is 10.1. The Hall–Kier alpha value is -2.76. The first kappa shape index (κ1) is 14.2. The van der Waals surface area contributed by atoms with Gasteiger partial charge in [0, 0.05) is 31.0 Å². The summed E-state index contributed by atoms with van der Waals surface area (Å²) in [6.07, 6.45) is 5.01. The summed E-state index contributed by atoms with van der Waals surface area (Å²) in [5, 5.41) is 8.18. The Morgan fingerprint density at radius 2 is 2.05 bits per heavy atom. The lowest BCUT2D eigenvalue weighted by Gasteiger charge is -2.14. The van der Waals surface area contributed by atoms with Crippen molar-refractivity contribution >= 4 is 16.9 Å². The summed E-state index contributed by atoms with van der Waals surface area (Å²) in [6.45, 7) is 3.85. The fourth-order valence-electron chi connectivity index (χ4n) is 2.45. The Morgan fingerprint density at radius 1 is 1.32 bits per heavy atom. The van der Waals surface area contributed by atoms with Gasteiger partial charge in [0.1, 0.15) is 0 Å². The molecule has 1 unspecified atom stereocenters. The Bertz CT molecular complexity index is 825. The summed E-state index contributed by atoms with van der Waals surface area (Å²) >= 11 is 0. The molecule has 3 rings (SSSR count). The standard InChI is InChI=1S/C16H17N5O/c1-10(12-4-6-17-7-5-12)19-16(22)13-8-14-11(2)20-21(3)15(14)18-9-13/h4-10H,1-3H3,(H,19,22). The molecule has 1 atom stereocenters. The number of aryl methyl sites for hydroxylation is 2. The van der Waals surface area contributed by atoms with Crippen LogP contribution in [0.5, 0.6) is 0 Å². The molecule has 1 amide bonds. The largest absolute Gasteiger partial charge is 0.345 e. The van der Waals surface area contributed by atoms with Gasteiger partial charge in [-0.15, -0.1) is 0 Å². The summed E-state index contributed by atoms with van der Waals surface area (Å²) in [5.41, 5.74) is 3.18. The number of carbonyl (C=O) groups excluding carboxylic acids is 1. The average molecular weight is 295 g/mol. The number of hydrogen-bond donors (Lipinski definition) is 1. The van der Waals surface area contributed by atoms with Crippen LogP contribution in [0.3, 0.4) is 0 Å². The topological polar surface area (TPSA) is 72.7 Å². The van der Waals surface area contributed by atoms with E-state index < -0.39 is 0 Å². The fraction of sp³-hybridized carbons (Fsp3) is 0.250. The summed E-state index contributed by atoms with van der Waals surface area (Å²) < 4.78 is 1.71. The molecular formula is C16H17N5O. The number of nitrogens with zero attached hydrogens (tertiary/aromatic N) is 4. The van der Waals surface area contributed by atoms with E-state index in [-0.39, 0.29) is 11.9 Å². The molecule has 3 aromatic heterocycles. The van der Waals surface area contributed by atoms with E-state index in [9.17, 15) is 4.79 Å². The molecule has 0 fully saturated rings. The number of rotatable bonds is 3. The molecule has 112 valence electrons. The van der Waals surface area contributed by atoms with Crippen molar-refractivity contribution in [2.75, 3.05) is 0 Å². The number of fused-ring (bicyclic) bond motifs is 1. The van der Waals surface area contributed by atoms with Gasteiger partial charge < -0.3 is 5.32 Å². The van der Waals surface area contributed by atoms with E-state index in [2.05, 4.69) is 20.4 Å². The maximum absolute atomic E-state index is 12.4. The summed E-state index contributed by atoms with van der Waals surface area (Å²) in [5.74, 6) is -0.151. The fourth-order valence-corrected chi connectivity index (χ4v) is 2.45. The van der Waals surface area contributed by atoms with E-state index in [0.717, 1.165) is 22.3 Å². The summed E-state index contributed by atoms with van der Waals surface area (Å²) in [7, 11) is 1.84. The van der Waals surface area contributed by atoms with Gasteiger partial charge in [-0.25, -0.2) is 4.98 Å². The molecule has 22 heavy (non-hydrogen) atoms. The second-order valence-corrected chi connectivity index (χ2v) is 5.28. The molecule has 6 nitrogen and oxygen atoms in total. The van der Waals surface area contributed by atoms with Gasteiger partial charge in [0.15, 0.2) is 5.65 Å². The van der Waals surface area contributed by atoms with Gasteiger partial charge >= 0.3 is 0 Å². The van der Waals surface area contributed by atoms with Gasteiger partial charge in [0.05, 0.1) is 17.3 Å². The van der Waals surface area contributed by atoms with Crippen LogP contribution >= 0.6 is 0 Å². The number of pyridine rings is 2. The third-order valence-electron chi connectivity index (χ3n) is 3.68. The third kappa shape index (κ3) is 2.55. The summed E-state index contributed by atoms with van der Waals surface area (Å²) in [6, 6.07) is 5.51. The molecule has 0 aromatic carbocycles. The zero-order valence-electron chi connectivity index (χ0n) is 12.7. The number of carbonyl (C=O) groups is 1. The highest BCUT2D eigenvalue weighted by Crippen LogP contribution is 2.17. The quantitative estimate of drug-likeness (QED) is 0.803. The van der Waals surface area contributed by atoms with E-state index in [4.69, 9.17) is 0 Å². The van der Waals surface area contributed by atoms with Crippen LogP contribution in [0, 0.1) is 6.92 Å². The van der Waals surface area contributed by atoms with E-state index >= 15 is 0 Å². The zero-order valence-corrected chi connectivity index (χ0v) is 12.7. The van der Waals surface area contributed by atoms with Gasteiger partial charge in [-0.2, -0.15) is 5.10 Å². The minimum absolute atomic E-state index is 0.0961. The molecule has 6 heteroatoms. The van der Waals surface area contributed by atoms with Crippen molar-refractivity contribution in [1.82, 2.24) is 25.1 Å². The number of aromatic nitrogens is 4. The second-order valence-electron chi connectivity index (χ2n) is 5.28. The lowest BCUT2D eigenvalue weighted by molar-refractivity contribution is 0.0939. The van der Waals surface area contributed by atoms with Crippen LogP contribution in [-0.4, -0.2) is 25.7 Å². The van der Waals surface area contributed by atoms with Crippen LogP contribution < -0.4 is 5.32 Å². The maximum atomic E-state index is 12.4. The molecule has 3 heterocycles. The van der Waals surface area contributed by atoms with Gasteiger partial charge in [0.2, 0.25) is 0 Å². The second kappa shape index (κ2) is 5.55. The predicted molar refractivity (Wildman–Crippen MR) is 83.4 cm³/mol. The molecule has 0 spiro atoms. The van der Waals surface area contributed by atoms with Crippen molar-refractivity contribution < 1.29 is 4.79 Å². The number of nitrogens with one attached hydrogen (secondary N) is 1. The molecule has 0 saturated heterocycles. The van der Waals surface area contributed by atoms with Crippen molar-refractivity contribution in [3.63, 3.8) is 0 Å². The Kier molecular flexibility index (Phi) is 3.58. The van der Waals surface area contributed by atoms with Crippen molar-refractivity contribution in [1.29, 1.82) is 0 Å². The predicted octanol–water partition coefficient (Wildman–Crippen LogP) is 2.16. The highest BCUT2D eigenvalue weighted by Gasteiger charge is 2.14. The Labute approximate surface area is 128 Å². The van der Waals surface area contributed by atoms with E-state index in [1.807, 2.05) is 39.1 Å². The highest BCUT2D eigenvalue weighted by molar-refractivity contribution is 5.97. The van der Waals surface area contributed by atoms with Crippen LogP contribution in [0.4, 0.5) is 0 Å². The maximum Gasteiger partial charge on any atom is 0.253 e. The zero-order chi connectivity index (χ0) is 15.7. The SMILES string of the molecule is Cc1nn(C)c2ncc(C(=O)NC(C)c3ccncc3)cc12. The highest BCUT2D eigenvalue weighted by atomic mass is 16.1. The summed E-state index contributed by atoms with van der Waals surface area (Å²) in [4.78, 5) is 20.7. The van der Waals surface area contributed by atoms with Crippen LogP contribution in [0.15, 0.2) is 36.8 Å². The number of hydrogen-bond acceptors (Lipinski definition) is 4. The van der Waals surface area contributed by atoms with Gasteiger partial charge in [-0.3, -0.25) is 14.5 Å². The Morgan fingerprint density at radius 3 is 2.77 bits per heavy atom. The molecule has 0 saturated carbocycles. The Balaban J connectivity index is 1.85. The molecule has 3 aromatic rings. The van der Waals surface area contributed by atoms with Crippen LogP contribution in [-0.2, 0) is 7.05 Å². The van der Waals surface area contributed by atoms with Crippen molar-refractivity contribution in [3.05, 3.63) is 53.6 Å². The van der Waals surface area contributed by atoms with Gasteiger partial charge in [0.25, 0.3) is 5.91 Å². The molecular weight excluding hydrogens is 278 g/mol. The molecule has 1 N–H and O–H groups in total. The van der Waals surface area contributed by atoms with Crippen LogP contribution in [0.1, 0.15) is 34.6 Å². The first-order valence-electron chi connectivity index (χ1n) is 7.06. The van der Waals surface area contributed by atoms with Gasteiger partial charge in [-0.05, 0) is 37.6 Å². The van der Waals surface area contributed by atoms with Crippen molar-refractivity contribution in [2.45, 2.75) is 19.9 Å². The lowest BCUT2D eigenvalue weighted by Crippen LogP contribution is -2.26. The van der Waals surface area contributed by atoms with Gasteiger partial charge in [-0.1, -0.05) is 0 Å². The van der Waals surface area contributed by atoms with E-state index in [0.29, 0.717) is 5.56 Å². The average Bonchev–Trinajstić information content (AvgIpc) is 2.82. The molecule has 0 aliphatic carbocycles. The monoisotopic (exact) mass is 295 g/mol. The smallest absolute Gasteiger partial charge is 0.253 e. The minimum Gasteiger partial charge on any atom is -0.345 e. The molecule has 0 aliphatic rings. The van der Waals surface area contributed by atoms with Crippen molar-refractivity contribution in [3.8, 4) is 0 Å². The minimum atomic E-state index is -0.151. The normalized spacial score (nSPS) is 12.3. The van der Waals surface area contributed by atoms with E-state index in [1.165, 1.54) is 0 Å². The first-order chi connectivity index (χ1) is 10.6. The molecule has 0 radical (unpaired) electrons. The molecule has 0 bridgehead atoms. The first-order valence-corrected chi connectivity index (χ1v) is 7.06. The van der Waals surface area contributed by atoms with Crippen LogP contribution in [0.25, 0.3) is 11.0 Å². The third-order valence-corrected chi connectivity index (χ3v) is 3.68. The van der Waals surface area contributed by atoms with Crippen LogP contribution in [0.2, 0.25) is 0 Å². The molecule has 0 aliphatic heterocycles. The van der Waals surface area contributed by atoms with E-state index in [1.54, 1.807) is 23.3 Å². The number of amides is 1. The van der Waals surface area contributed by atoms with Crippen molar-refractivity contribution in [2.24, 2.45) is 7.05 Å².